The molecule has 3 rings (SSSR count). The van der Waals surface area contributed by atoms with E-state index in [0.717, 1.165) is 9.13 Å². The normalized spacial score (nSPS) is 11.9. The van der Waals surface area contributed by atoms with Crippen LogP contribution in [0.4, 0.5) is 20.2 Å². The monoisotopic (exact) mass is 589 g/mol. The topological polar surface area (TPSA) is 41.9 Å². The summed E-state index contributed by atoms with van der Waals surface area (Å²) in [4.78, 5) is 5.74. The van der Waals surface area contributed by atoms with Gasteiger partial charge in [0.1, 0.15) is 30.8 Å². The minimum atomic E-state index is -1.06. The predicted octanol–water partition coefficient (Wildman–Crippen LogP) is 6.15. The number of hydrogen-bond donors (Lipinski definition) is 1. The van der Waals surface area contributed by atoms with Gasteiger partial charge >= 0.3 is 0 Å². The predicted molar refractivity (Wildman–Crippen MR) is 124 cm³/mol. The number of nitrogens with zero attached hydrogens (tertiary/aromatic N) is 1. The number of halogens is 4. The molecule has 0 bridgehead atoms. The summed E-state index contributed by atoms with van der Waals surface area (Å²) in [5.41, 5.74) is 1.24. The average Bonchev–Trinajstić information content (AvgIpc) is 2.73. The Hall–Kier alpha value is -1.75. The van der Waals surface area contributed by atoms with Gasteiger partial charge in [0.05, 0.1) is 10.2 Å². The summed E-state index contributed by atoms with van der Waals surface area (Å²) in [5.74, 6) is -1.46. The molecule has 0 fully saturated rings. The van der Waals surface area contributed by atoms with Gasteiger partial charge in [0, 0.05) is 3.57 Å². The van der Waals surface area contributed by atoms with Gasteiger partial charge < -0.3 is 9.84 Å². The van der Waals surface area contributed by atoms with Gasteiger partial charge in [0.25, 0.3) is 0 Å². The third kappa shape index (κ3) is 5.69. The second kappa shape index (κ2) is 10.5. The lowest BCUT2D eigenvalue weighted by Gasteiger charge is -2.27. The van der Waals surface area contributed by atoms with Crippen molar-refractivity contribution >= 4 is 49.9 Å². The van der Waals surface area contributed by atoms with Crippen LogP contribution in [0.15, 0.2) is 65.1 Å². The highest BCUT2D eigenvalue weighted by Gasteiger charge is 2.22. The van der Waals surface area contributed by atoms with Crippen molar-refractivity contribution in [3.05, 3.63) is 85.9 Å². The molecule has 0 heterocycles. The largest absolute Gasteiger partial charge is 0.491 e. The molecule has 1 N–H and O–H groups in total. The second-order valence-electron chi connectivity index (χ2n) is 6.49. The van der Waals surface area contributed by atoms with Crippen LogP contribution in [0.3, 0.4) is 0 Å². The molecule has 0 aliphatic rings. The molecule has 0 aliphatic heterocycles. The molecule has 3 aromatic carbocycles. The maximum atomic E-state index is 14.7. The minimum absolute atomic E-state index is 0.0132. The first-order valence-electron chi connectivity index (χ1n) is 9.05. The van der Waals surface area contributed by atoms with Gasteiger partial charge in [0.15, 0.2) is 11.6 Å². The molecule has 30 heavy (non-hydrogen) atoms. The van der Waals surface area contributed by atoms with E-state index in [1.165, 1.54) is 17.2 Å². The SMILES string of the molecule is Cc1cc(I)ccc1N(OCC(O)COc1ccccc1)c1ccc(Br)c(F)c1F. The summed E-state index contributed by atoms with van der Waals surface area (Å²) < 4.78 is 35.4. The smallest absolute Gasteiger partial charge is 0.186 e. The van der Waals surface area contributed by atoms with E-state index in [-0.39, 0.29) is 23.4 Å². The van der Waals surface area contributed by atoms with Crippen molar-refractivity contribution in [3.63, 3.8) is 0 Å². The van der Waals surface area contributed by atoms with Crippen LogP contribution >= 0.6 is 38.5 Å². The Labute approximate surface area is 195 Å². The van der Waals surface area contributed by atoms with E-state index in [1.807, 2.05) is 37.3 Å². The molecule has 0 amide bonds. The number of hydrogen-bond acceptors (Lipinski definition) is 4. The number of para-hydroxylation sites is 1. The third-order valence-corrected chi connectivity index (χ3v) is 5.48. The zero-order chi connectivity index (χ0) is 21.7. The zero-order valence-electron chi connectivity index (χ0n) is 16.0. The number of rotatable bonds is 8. The molecular formula is C22H19BrF2INO3. The van der Waals surface area contributed by atoms with Crippen LogP contribution in [0.1, 0.15) is 5.56 Å². The van der Waals surface area contributed by atoms with Crippen molar-refractivity contribution in [1.82, 2.24) is 0 Å². The van der Waals surface area contributed by atoms with Gasteiger partial charge in [-0.05, 0) is 93.5 Å². The van der Waals surface area contributed by atoms with Crippen molar-refractivity contribution in [2.45, 2.75) is 13.0 Å². The van der Waals surface area contributed by atoms with Crippen LogP contribution in [0, 0.1) is 22.1 Å². The minimum Gasteiger partial charge on any atom is -0.491 e. The van der Waals surface area contributed by atoms with Gasteiger partial charge in [-0.1, -0.05) is 18.2 Å². The molecule has 0 radical (unpaired) electrons. The van der Waals surface area contributed by atoms with Crippen molar-refractivity contribution < 1.29 is 23.5 Å². The summed E-state index contributed by atoms with van der Waals surface area (Å²) in [7, 11) is 0. The first-order chi connectivity index (χ1) is 14.4. The van der Waals surface area contributed by atoms with Gasteiger partial charge in [-0.2, -0.15) is 0 Å². The summed E-state index contributed by atoms with van der Waals surface area (Å²) >= 11 is 5.15. The van der Waals surface area contributed by atoms with E-state index < -0.39 is 17.7 Å². The highest BCUT2D eigenvalue weighted by Crippen LogP contribution is 2.34. The Morgan fingerprint density at radius 1 is 1.00 bits per heavy atom. The molecule has 158 valence electrons. The van der Waals surface area contributed by atoms with Crippen LogP contribution in [0.2, 0.25) is 0 Å². The fourth-order valence-electron chi connectivity index (χ4n) is 2.71. The molecular weight excluding hydrogens is 571 g/mol. The Bertz CT molecular complexity index is 1010. The fraction of sp³-hybridized carbons (Fsp3) is 0.182. The van der Waals surface area contributed by atoms with Crippen LogP contribution in [-0.4, -0.2) is 24.4 Å². The highest BCUT2D eigenvalue weighted by atomic mass is 127. The van der Waals surface area contributed by atoms with Crippen LogP contribution in [0.5, 0.6) is 5.75 Å². The summed E-state index contributed by atoms with van der Waals surface area (Å²) in [6.07, 6.45) is -0.986. The summed E-state index contributed by atoms with van der Waals surface area (Å²) in [5, 5.41) is 11.5. The molecule has 0 saturated carbocycles. The van der Waals surface area contributed by atoms with Gasteiger partial charge in [-0.3, -0.25) is 4.84 Å². The molecule has 0 spiro atoms. The highest BCUT2D eigenvalue weighted by molar-refractivity contribution is 14.1. The third-order valence-electron chi connectivity index (χ3n) is 4.19. The Morgan fingerprint density at radius 3 is 2.40 bits per heavy atom. The van der Waals surface area contributed by atoms with Crippen molar-refractivity contribution in [3.8, 4) is 5.75 Å². The standard InChI is InChI=1S/C22H19BrF2INO3/c1-14-11-15(26)7-9-19(14)27(20-10-8-18(23)21(24)22(20)25)30-13-16(28)12-29-17-5-3-2-4-6-17/h2-11,16,28H,12-13H2,1H3. The van der Waals surface area contributed by atoms with E-state index in [2.05, 4.69) is 38.5 Å². The van der Waals surface area contributed by atoms with Gasteiger partial charge in [-0.15, -0.1) is 0 Å². The van der Waals surface area contributed by atoms with Crippen molar-refractivity contribution in [2.75, 3.05) is 18.3 Å². The summed E-state index contributed by atoms with van der Waals surface area (Å²) in [6, 6.07) is 17.4. The number of ether oxygens (including phenoxy) is 1. The lowest BCUT2D eigenvalue weighted by Crippen LogP contribution is -2.30. The van der Waals surface area contributed by atoms with E-state index in [4.69, 9.17) is 9.57 Å². The quantitative estimate of drug-likeness (QED) is 0.194. The molecule has 8 heteroatoms. The van der Waals surface area contributed by atoms with Crippen LogP contribution in [-0.2, 0) is 4.84 Å². The molecule has 0 aliphatic carbocycles. The number of aliphatic hydroxyl groups is 1. The average molecular weight is 590 g/mol. The van der Waals surface area contributed by atoms with Crippen molar-refractivity contribution in [2.24, 2.45) is 0 Å². The van der Waals surface area contributed by atoms with Crippen LogP contribution in [0.25, 0.3) is 0 Å². The number of anilines is 2. The van der Waals surface area contributed by atoms with E-state index in [9.17, 15) is 13.9 Å². The Morgan fingerprint density at radius 2 is 1.70 bits per heavy atom. The van der Waals surface area contributed by atoms with Crippen molar-refractivity contribution in [1.29, 1.82) is 0 Å². The van der Waals surface area contributed by atoms with Gasteiger partial charge in [0.2, 0.25) is 0 Å². The zero-order valence-corrected chi connectivity index (χ0v) is 19.7. The summed E-state index contributed by atoms with van der Waals surface area (Å²) in [6.45, 7) is 1.64. The van der Waals surface area contributed by atoms with E-state index >= 15 is 0 Å². The number of aliphatic hydroxyl groups excluding tert-OH is 1. The Balaban J connectivity index is 1.80. The van der Waals surface area contributed by atoms with E-state index in [1.54, 1.807) is 18.2 Å². The van der Waals surface area contributed by atoms with Gasteiger partial charge in [-0.25, -0.2) is 13.8 Å². The first-order valence-corrected chi connectivity index (χ1v) is 10.9. The molecule has 3 aromatic rings. The molecule has 1 atom stereocenters. The molecule has 1 unspecified atom stereocenters. The fourth-order valence-corrected chi connectivity index (χ4v) is 3.66. The second-order valence-corrected chi connectivity index (χ2v) is 8.59. The lowest BCUT2D eigenvalue weighted by atomic mass is 10.2. The molecule has 0 saturated heterocycles. The lowest BCUT2D eigenvalue weighted by molar-refractivity contribution is 0.0113. The molecule has 0 aromatic heterocycles. The maximum Gasteiger partial charge on any atom is 0.186 e. The maximum absolute atomic E-state index is 14.7. The molecule has 4 nitrogen and oxygen atoms in total. The number of benzene rings is 3. The Kier molecular flexibility index (Phi) is 8.04. The number of aryl methyl sites for hydroxylation is 1. The first kappa shape index (κ1) is 22.9. The van der Waals surface area contributed by atoms with Crippen LogP contribution < -0.4 is 9.80 Å². The van der Waals surface area contributed by atoms with E-state index in [0.29, 0.717) is 11.4 Å².